The predicted molar refractivity (Wildman–Crippen MR) is 109 cm³/mol. The average molecular weight is 390 g/mol. The highest BCUT2D eigenvalue weighted by Gasteiger charge is 2.22. The fourth-order valence-electron chi connectivity index (χ4n) is 2.57. The van der Waals surface area contributed by atoms with E-state index >= 15 is 0 Å². The zero-order chi connectivity index (χ0) is 20.1. The number of rotatable bonds is 5. The maximum atomic E-state index is 12.6. The number of carbonyl (C=O) groups is 2. The van der Waals surface area contributed by atoms with Crippen LogP contribution in [0.2, 0.25) is 0 Å². The van der Waals surface area contributed by atoms with Gasteiger partial charge >= 0.3 is 5.97 Å². The Morgan fingerprint density at radius 1 is 1.07 bits per heavy atom. The van der Waals surface area contributed by atoms with E-state index in [-0.39, 0.29) is 0 Å². The first-order valence-electron chi connectivity index (χ1n) is 8.64. The van der Waals surface area contributed by atoms with Crippen molar-refractivity contribution in [2.75, 3.05) is 5.32 Å². The van der Waals surface area contributed by atoms with Gasteiger partial charge in [0.2, 0.25) is 0 Å². The topological polar surface area (TPSA) is 79.2 Å². The van der Waals surface area contributed by atoms with Gasteiger partial charge in [-0.25, -0.2) is 4.79 Å². The van der Waals surface area contributed by atoms with Crippen molar-refractivity contribution < 1.29 is 14.3 Å². The third kappa shape index (κ3) is 4.45. The number of hydrogen-bond donors (Lipinski definition) is 1. The molecule has 1 amide bonds. The van der Waals surface area contributed by atoms with E-state index in [0.717, 1.165) is 16.7 Å². The third-order valence-electron chi connectivity index (χ3n) is 4.15. The standard InChI is InChI=1S/C22H18N2O3S/c1-14-3-7-17(8-4-14)19-11-12-28-20(19)22(26)27-15(2)21(25)24-18-9-5-16(13-23)6-10-18/h3-12,15H,1-2H3,(H,24,25)/t15-/m1/s1. The van der Waals surface area contributed by atoms with Crippen LogP contribution in [0.3, 0.4) is 0 Å². The van der Waals surface area contributed by atoms with Crippen LogP contribution in [0, 0.1) is 18.3 Å². The summed E-state index contributed by atoms with van der Waals surface area (Å²) < 4.78 is 5.37. The molecule has 2 aromatic carbocycles. The lowest BCUT2D eigenvalue weighted by atomic mass is 10.1. The summed E-state index contributed by atoms with van der Waals surface area (Å²) in [7, 11) is 0. The van der Waals surface area contributed by atoms with Crippen molar-refractivity contribution in [3.05, 3.63) is 76.0 Å². The van der Waals surface area contributed by atoms with Crippen molar-refractivity contribution in [1.82, 2.24) is 0 Å². The van der Waals surface area contributed by atoms with Crippen LogP contribution in [-0.4, -0.2) is 18.0 Å². The minimum Gasteiger partial charge on any atom is -0.448 e. The molecule has 3 aromatic rings. The molecule has 140 valence electrons. The first-order valence-corrected chi connectivity index (χ1v) is 9.52. The fraction of sp³-hybridized carbons (Fsp3) is 0.136. The molecular formula is C22H18N2O3S. The maximum Gasteiger partial charge on any atom is 0.349 e. The summed E-state index contributed by atoms with van der Waals surface area (Å²) in [5, 5.41) is 13.3. The Bertz CT molecular complexity index is 1030. The highest BCUT2D eigenvalue weighted by molar-refractivity contribution is 7.12. The van der Waals surface area contributed by atoms with Crippen LogP contribution in [0.25, 0.3) is 11.1 Å². The molecule has 1 N–H and O–H groups in total. The fourth-order valence-corrected chi connectivity index (χ4v) is 3.36. The predicted octanol–water partition coefficient (Wildman–Crippen LogP) is 4.78. The van der Waals surface area contributed by atoms with Gasteiger partial charge in [-0.05, 0) is 55.1 Å². The second-order valence-electron chi connectivity index (χ2n) is 6.26. The van der Waals surface area contributed by atoms with Gasteiger partial charge in [0.15, 0.2) is 6.10 Å². The maximum absolute atomic E-state index is 12.6. The van der Waals surface area contributed by atoms with E-state index in [4.69, 9.17) is 10.00 Å². The van der Waals surface area contributed by atoms with E-state index in [1.807, 2.05) is 48.7 Å². The van der Waals surface area contributed by atoms with E-state index in [2.05, 4.69) is 5.32 Å². The lowest BCUT2D eigenvalue weighted by Gasteiger charge is -2.14. The molecule has 0 fully saturated rings. The van der Waals surface area contributed by atoms with Crippen molar-refractivity contribution in [2.45, 2.75) is 20.0 Å². The van der Waals surface area contributed by atoms with Gasteiger partial charge < -0.3 is 10.1 Å². The Morgan fingerprint density at radius 2 is 1.75 bits per heavy atom. The molecule has 0 saturated carbocycles. The minimum atomic E-state index is -0.962. The first kappa shape index (κ1) is 19.3. The van der Waals surface area contributed by atoms with Crippen molar-refractivity contribution in [2.24, 2.45) is 0 Å². The van der Waals surface area contributed by atoms with Gasteiger partial charge in [-0.15, -0.1) is 11.3 Å². The van der Waals surface area contributed by atoms with Crippen LogP contribution in [-0.2, 0) is 9.53 Å². The van der Waals surface area contributed by atoms with Gasteiger partial charge in [0.05, 0.1) is 11.6 Å². The number of nitriles is 1. The van der Waals surface area contributed by atoms with Crippen molar-refractivity contribution >= 4 is 28.9 Å². The summed E-state index contributed by atoms with van der Waals surface area (Å²) >= 11 is 1.28. The van der Waals surface area contributed by atoms with E-state index < -0.39 is 18.0 Å². The second-order valence-corrected chi connectivity index (χ2v) is 7.17. The van der Waals surface area contributed by atoms with Gasteiger partial charge in [-0.2, -0.15) is 5.26 Å². The van der Waals surface area contributed by atoms with Crippen LogP contribution in [0.1, 0.15) is 27.7 Å². The summed E-state index contributed by atoms with van der Waals surface area (Å²) in [5.41, 5.74) is 3.88. The molecule has 0 unspecified atom stereocenters. The molecule has 0 bridgehead atoms. The zero-order valence-corrected chi connectivity index (χ0v) is 16.2. The van der Waals surface area contributed by atoms with Gasteiger partial charge in [-0.1, -0.05) is 29.8 Å². The van der Waals surface area contributed by atoms with Crippen molar-refractivity contribution in [1.29, 1.82) is 5.26 Å². The van der Waals surface area contributed by atoms with Crippen LogP contribution in [0.15, 0.2) is 60.0 Å². The van der Waals surface area contributed by atoms with E-state index in [1.165, 1.54) is 18.3 Å². The number of carbonyl (C=O) groups excluding carboxylic acids is 2. The van der Waals surface area contributed by atoms with Crippen LogP contribution in [0.4, 0.5) is 5.69 Å². The molecule has 1 aromatic heterocycles. The number of benzene rings is 2. The number of hydrogen-bond acceptors (Lipinski definition) is 5. The lowest BCUT2D eigenvalue weighted by Crippen LogP contribution is -2.29. The van der Waals surface area contributed by atoms with Crippen molar-refractivity contribution in [3.63, 3.8) is 0 Å². The van der Waals surface area contributed by atoms with E-state index in [9.17, 15) is 9.59 Å². The van der Waals surface area contributed by atoms with Gasteiger partial charge in [0, 0.05) is 11.3 Å². The summed E-state index contributed by atoms with van der Waals surface area (Å²) in [6.07, 6.45) is -0.962. The largest absolute Gasteiger partial charge is 0.448 e. The monoisotopic (exact) mass is 390 g/mol. The Hall–Kier alpha value is -3.43. The smallest absolute Gasteiger partial charge is 0.349 e. The number of nitrogens with one attached hydrogen (secondary N) is 1. The molecule has 0 radical (unpaired) electrons. The molecule has 0 aliphatic rings. The van der Waals surface area contributed by atoms with Gasteiger partial charge in [0.25, 0.3) is 5.91 Å². The Kier molecular flexibility index (Phi) is 5.87. The zero-order valence-electron chi connectivity index (χ0n) is 15.4. The number of ether oxygens (including phenoxy) is 1. The van der Waals surface area contributed by atoms with Crippen LogP contribution in [0.5, 0.6) is 0 Å². The van der Waals surface area contributed by atoms with E-state index in [1.54, 1.807) is 24.3 Å². The number of thiophene rings is 1. The minimum absolute atomic E-state index is 0.438. The molecule has 6 heteroatoms. The molecule has 3 rings (SSSR count). The molecule has 1 heterocycles. The molecule has 28 heavy (non-hydrogen) atoms. The van der Waals surface area contributed by atoms with Gasteiger partial charge in [-0.3, -0.25) is 4.79 Å². The Morgan fingerprint density at radius 3 is 2.39 bits per heavy atom. The normalized spacial score (nSPS) is 11.3. The molecular weight excluding hydrogens is 372 g/mol. The van der Waals surface area contributed by atoms with E-state index in [0.29, 0.717) is 16.1 Å². The van der Waals surface area contributed by atoms with Crippen molar-refractivity contribution in [3.8, 4) is 17.2 Å². The summed E-state index contributed by atoms with van der Waals surface area (Å²) in [6.45, 7) is 3.52. The highest BCUT2D eigenvalue weighted by Crippen LogP contribution is 2.29. The second kappa shape index (κ2) is 8.51. The summed E-state index contributed by atoms with van der Waals surface area (Å²) in [4.78, 5) is 25.4. The summed E-state index contributed by atoms with van der Waals surface area (Å²) in [5.74, 6) is -0.973. The van der Waals surface area contributed by atoms with Crippen LogP contribution < -0.4 is 5.32 Å². The quantitative estimate of drug-likeness (QED) is 0.636. The molecule has 5 nitrogen and oxygen atoms in total. The number of nitrogens with zero attached hydrogens (tertiary/aromatic N) is 1. The average Bonchev–Trinajstić information content (AvgIpc) is 3.19. The molecule has 0 spiro atoms. The molecule has 0 saturated heterocycles. The first-order chi connectivity index (χ1) is 13.5. The van der Waals surface area contributed by atoms with Gasteiger partial charge in [0.1, 0.15) is 4.88 Å². The third-order valence-corrected chi connectivity index (χ3v) is 5.04. The number of aryl methyl sites for hydroxylation is 1. The molecule has 0 aliphatic heterocycles. The molecule has 0 aliphatic carbocycles. The SMILES string of the molecule is Cc1ccc(-c2ccsc2C(=O)O[C@H](C)C(=O)Nc2ccc(C#N)cc2)cc1. The molecule has 1 atom stereocenters. The number of anilines is 1. The number of esters is 1. The summed E-state index contributed by atoms with van der Waals surface area (Å²) in [6, 6.07) is 18.2. The Labute approximate surface area is 167 Å². The van der Waals surface area contributed by atoms with Crippen LogP contribution >= 0.6 is 11.3 Å². The number of amides is 1. The lowest BCUT2D eigenvalue weighted by molar-refractivity contribution is -0.123. The highest BCUT2D eigenvalue weighted by atomic mass is 32.1. The Balaban J connectivity index is 1.67.